The van der Waals surface area contributed by atoms with Crippen LogP contribution in [0, 0.1) is 0 Å². The summed E-state index contributed by atoms with van der Waals surface area (Å²) in [5.74, 6) is 0.960. The molecule has 19 heavy (non-hydrogen) atoms. The zero-order valence-electron chi connectivity index (χ0n) is 10.2. The summed E-state index contributed by atoms with van der Waals surface area (Å²) in [5, 5.41) is 2.64. The number of thiazole rings is 1. The first kappa shape index (κ1) is 11.2. The van der Waals surface area contributed by atoms with Gasteiger partial charge in [-0.3, -0.25) is 14.6 Å². The quantitative estimate of drug-likeness (QED) is 0.843. The summed E-state index contributed by atoms with van der Waals surface area (Å²) in [5.41, 5.74) is 0. The molecule has 2 aromatic rings. The van der Waals surface area contributed by atoms with Crippen molar-refractivity contribution in [3.63, 3.8) is 0 Å². The molecular weight excluding hydrogens is 262 g/mol. The molecule has 2 atom stereocenters. The van der Waals surface area contributed by atoms with Gasteiger partial charge in [0.1, 0.15) is 5.76 Å². The highest BCUT2D eigenvalue weighted by Crippen LogP contribution is 2.42. The first-order chi connectivity index (χ1) is 9.36. The zero-order chi connectivity index (χ0) is 12.8. The highest BCUT2D eigenvalue weighted by atomic mass is 32.1. The van der Waals surface area contributed by atoms with Gasteiger partial charge in [0.25, 0.3) is 0 Å². The summed E-state index contributed by atoms with van der Waals surface area (Å²) in [7, 11) is 0. The van der Waals surface area contributed by atoms with Crippen LogP contribution in [0.1, 0.15) is 24.8 Å². The fourth-order valence-electron chi connectivity index (χ4n) is 3.04. The average molecular weight is 275 g/mol. The molecule has 5 nitrogen and oxygen atoms in total. The van der Waals surface area contributed by atoms with Crippen LogP contribution in [-0.4, -0.2) is 28.4 Å². The van der Waals surface area contributed by atoms with E-state index >= 15 is 0 Å². The third-order valence-electron chi connectivity index (χ3n) is 3.80. The van der Waals surface area contributed by atoms with Crippen molar-refractivity contribution in [2.24, 2.45) is 0 Å². The predicted molar refractivity (Wildman–Crippen MR) is 70.8 cm³/mol. The lowest BCUT2D eigenvalue weighted by molar-refractivity contribution is -0.119. The molecule has 0 unspecified atom stereocenters. The van der Waals surface area contributed by atoms with E-state index in [4.69, 9.17) is 4.42 Å². The first-order valence-electron chi connectivity index (χ1n) is 6.38. The van der Waals surface area contributed by atoms with Gasteiger partial charge in [0.2, 0.25) is 5.91 Å². The van der Waals surface area contributed by atoms with E-state index in [0.29, 0.717) is 0 Å². The van der Waals surface area contributed by atoms with Gasteiger partial charge in [-0.15, -0.1) is 11.3 Å². The number of carbonyl (C=O) groups is 1. The number of aromatic nitrogens is 1. The van der Waals surface area contributed by atoms with E-state index in [2.05, 4.69) is 9.88 Å². The Balaban J connectivity index is 1.81. The van der Waals surface area contributed by atoms with Crippen molar-refractivity contribution in [3.8, 4) is 0 Å². The SMILES string of the molecule is O=C1[C@H]2CCCN2[C@@H](c2ccco2)N1c1nccs1. The predicted octanol–water partition coefficient (Wildman–Crippen LogP) is 2.25. The molecular formula is C13H13N3O2S. The maximum Gasteiger partial charge on any atom is 0.247 e. The highest BCUT2D eigenvalue weighted by molar-refractivity contribution is 7.13. The molecule has 2 aliphatic rings. The molecule has 0 bridgehead atoms. The summed E-state index contributed by atoms with van der Waals surface area (Å²) in [6.45, 7) is 0.934. The molecule has 4 heterocycles. The second kappa shape index (κ2) is 4.18. The number of amides is 1. The molecule has 1 amide bonds. The zero-order valence-corrected chi connectivity index (χ0v) is 11.0. The van der Waals surface area contributed by atoms with Gasteiger partial charge in [-0.05, 0) is 25.0 Å². The lowest BCUT2D eigenvalue weighted by Crippen LogP contribution is -2.31. The van der Waals surface area contributed by atoms with Gasteiger partial charge < -0.3 is 4.42 Å². The fraction of sp³-hybridized carbons (Fsp3) is 0.385. The van der Waals surface area contributed by atoms with Crippen molar-refractivity contribution in [1.29, 1.82) is 0 Å². The molecule has 4 rings (SSSR count). The lowest BCUT2D eigenvalue weighted by atomic mass is 10.2. The maximum atomic E-state index is 12.6. The van der Waals surface area contributed by atoms with Crippen molar-refractivity contribution in [3.05, 3.63) is 35.7 Å². The van der Waals surface area contributed by atoms with Crippen LogP contribution >= 0.6 is 11.3 Å². The van der Waals surface area contributed by atoms with E-state index in [1.807, 2.05) is 17.5 Å². The van der Waals surface area contributed by atoms with Crippen molar-refractivity contribution in [2.45, 2.75) is 25.0 Å². The van der Waals surface area contributed by atoms with Gasteiger partial charge >= 0.3 is 0 Å². The number of nitrogens with zero attached hydrogens (tertiary/aromatic N) is 3. The van der Waals surface area contributed by atoms with Crippen LogP contribution in [0.25, 0.3) is 0 Å². The van der Waals surface area contributed by atoms with Crippen molar-refractivity contribution >= 4 is 22.4 Å². The van der Waals surface area contributed by atoms with Crippen LogP contribution in [0.15, 0.2) is 34.4 Å². The third-order valence-corrected chi connectivity index (χ3v) is 4.57. The summed E-state index contributed by atoms with van der Waals surface area (Å²) < 4.78 is 5.54. The van der Waals surface area contributed by atoms with Crippen molar-refractivity contribution in [1.82, 2.24) is 9.88 Å². The molecule has 0 aromatic carbocycles. The van der Waals surface area contributed by atoms with Gasteiger partial charge in [0.15, 0.2) is 11.3 Å². The molecule has 2 saturated heterocycles. The van der Waals surface area contributed by atoms with Crippen molar-refractivity contribution in [2.75, 3.05) is 11.4 Å². The molecule has 0 N–H and O–H groups in total. The number of carbonyl (C=O) groups excluding carboxylic acids is 1. The van der Waals surface area contributed by atoms with Crippen LogP contribution in [-0.2, 0) is 4.79 Å². The van der Waals surface area contributed by atoms with Gasteiger partial charge in [-0.2, -0.15) is 0 Å². The molecule has 0 saturated carbocycles. The molecule has 0 spiro atoms. The molecule has 0 aliphatic carbocycles. The number of hydrogen-bond acceptors (Lipinski definition) is 5. The van der Waals surface area contributed by atoms with E-state index in [9.17, 15) is 4.79 Å². The van der Waals surface area contributed by atoms with Gasteiger partial charge in [-0.1, -0.05) is 0 Å². The highest BCUT2D eigenvalue weighted by Gasteiger charge is 2.51. The monoisotopic (exact) mass is 275 g/mol. The Hall–Kier alpha value is -1.66. The van der Waals surface area contributed by atoms with Crippen LogP contribution in [0.3, 0.4) is 0 Å². The standard InChI is InChI=1S/C13H13N3O2S/c17-12-9-3-1-6-15(9)11(10-4-2-7-18-10)16(12)13-14-5-8-19-13/h2,4-5,7-9,11H,1,3,6H2/t9-,11-/m1/s1. The maximum absolute atomic E-state index is 12.6. The van der Waals surface area contributed by atoms with E-state index in [1.54, 1.807) is 17.4 Å². The normalized spacial score (nSPS) is 27.2. The Labute approximate surface area is 114 Å². The smallest absolute Gasteiger partial charge is 0.247 e. The van der Waals surface area contributed by atoms with Crippen LogP contribution in [0.4, 0.5) is 5.13 Å². The van der Waals surface area contributed by atoms with Gasteiger partial charge in [0, 0.05) is 18.1 Å². The number of rotatable bonds is 2. The van der Waals surface area contributed by atoms with Gasteiger partial charge in [-0.25, -0.2) is 4.98 Å². The summed E-state index contributed by atoms with van der Waals surface area (Å²) >= 11 is 1.49. The second-order valence-electron chi connectivity index (χ2n) is 4.81. The Kier molecular flexibility index (Phi) is 2.46. The van der Waals surface area contributed by atoms with Crippen LogP contribution in [0.5, 0.6) is 0 Å². The van der Waals surface area contributed by atoms with Crippen molar-refractivity contribution < 1.29 is 9.21 Å². The number of anilines is 1. The second-order valence-corrected chi connectivity index (χ2v) is 5.68. The topological polar surface area (TPSA) is 49.6 Å². The fourth-order valence-corrected chi connectivity index (χ4v) is 3.71. The summed E-state index contributed by atoms with van der Waals surface area (Å²) in [4.78, 5) is 20.9. The van der Waals surface area contributed by atoms with E-state index < -0.39 is 0 Å². The average Bonchev–Trinajstić information content (AvgIpc) is 3.15. The van der Waals surface area contributed by atoms with E-state index in [1.165, 1.54) is 11.3 Å². The summed E-state index contributed by atoms with van der Waals surface area (Å²) in [6.07, 6.45) is 5.25. The number of fused-ring (bicyclic) bond motifs is 1. The third kappa shape index (κ3) is 1.56. The minimum atomic E-state index is -0.138. The Morgan fingerprint density at radius 2 is 2.42 bits per heavy atom. The van der Waals surface area contributed by atoms with E-state index in [-0.39, 0.29) is 18.1 Å². The largest absolute Gasteiger partial charge is 0.466 e. The molecule has 2 aromatic heterocycles. The Morgan fingerprint density at radius 1 is 1.47 bits per heavy atom. The minimum absolute atomic E-state index is 0.0148. The lowest BCUT2D eigenvalue weighted by Gasteiger charge is -2.25. The molecule has 0 radical (unpaired) electrons. The molecule has 98 valence electrons. The summed E-state index contributed by atoms with van der Waals surface area (Å²) in [6, 6.07) is 3.78. The number of furan rings is 1. The Bertz CT molecular complexity index is 581. The van der Waals surface area contributed by atoms with E-state index in [0.717, 1.165) is 30.3 Å². The molecule has 2 aliphatic heterocycles. The molecule has 6 heteroatoms. The number of hydrogen-bond donors (Lipinski definition) is 0. The Morgan fingerprint density at radius 3 is 3.16 bits per heavy atom. The first-order valence-corrected chi connectivity index (χ1v) is 7.26. The van der Waals surface area contributed by atoms with Crippen LogP contribution in [0.2, 0.25) is 0 Å². The van der Waals surface area contributed by atoms with Crippen LogP contribution < -0.4 is 4.90 Å². The minimum Gasteiger partial charge on any atom is -0.466 e. The van der Waals surface area contributed by atoms with Gasteiger partial charge in [0.05, 0.1) is 12.3 Å². The molecule has 2 fully saturated rings.